The molecule has 1 N–H and O–H groups in total. The molecule has 118 valence electrons. The zero-order valence-corrected chi connectivity index (χ0v) is 13.7. The van der Waals surface area contributed by atoms with Crippen LogP contribution in [0, 0.1) is 17.3 Å². The van der Waals surface area contributed by atoms with E-state index >= 15 is 0 Å². The van der Waals surface area contributed by atoms with Crippen LogP contribution in [0.5, 0.6) is 0 Å². The van der Waals surface area contributed by atoms with Crippen LogP contribution in [0.3, 0.4) is 0 Å². The van der Waals surface area contributed by atoms with Crippen molar-refractivity contribution in [3.05, 3.63) is 0 Å². The van der Waals surface area contributed by atoms with Gasteiger partial charge in [0.2, 0.25) is 0 Å². The Morgan fingerprint density at radius 3 is 2.50 bits per heavy atom. The summed E-state index contributed by atoms with van der Waals surface area (Å²) in [5.74, 6) is -0.288. The first-order chi connectivity index (χ1) is 9.27. The van der Waals surface area contributed by atoms with Crippen molar-refractivity contribution in [1.29, 1.82) is 0 Å². The van der Waals surface area contributed by atoms with Crippen LogP contribution in [0.1, 0.15) is 47.0 Å². The molecule has 1 saturated carbocycles. The lowest BCUT2D eigenvalue weighted by molar-refractivity contribution is -0.146. The fourth-order valence-corrected chi connectivity index (χ4v) is 3.23. The van der Waals surface area contributed by atoms with Crippen LogP contribution in [0.4, 0.5) is 0 Å². The monoisotopic (exact) mass is 285 g/mol. The minimum absolute atomic E-state index is 0.130. The second kappa shape index (κ2) is 7.41. The van der Waals surface area contributed by atoms with E-state index in [1.165, 1.54) is 0 Å². The van der Waals surface area contributed by atoms with Crippen molar-refractivity contribution in [2.45, 2.75) is 53.0 Å². The van der Waals surface area contributed by atoms with Gasteiger partial charge >= 0.3 is 5.97 Å². The third-order valence-corrected chi connectivity index (χ3v) is 4.72. The first-order valence-corrected chi connectivity index (χ1v) is 7.78. The maximum absolute atomic E-state index is 11.5. The summed E-state index contributed by atoms with van der Waals surface area (Å²) in [6.07, 6.45) is 2.79. The number of aliphatic carboxylic acids is 1. The number of likely N-dealkylation sites (N-methyl/N-ethyl adjacent to an activating group) is 1. The Hall–Kier alpha value is -0.610. The summed E-state index contributed by atoms with van der Waals surface area (Å²) in [5.41, 5.74) is 0.252. The van der Waals surface area contributed by atoms with Gasteiger partial charge in [0.25, 0.3) is 0 Å². The molecule has 0 heterocycles. The third kappa shape index (κ3) is 4.74. The van der Waals surface area contributed by atoms with Crippen molar-refractivity contribution >= 4 is 5.97 Å². The van der Waals surface area contributed by atoms with Crippen molar-refractivity contribution in [2.75, 3.05) is 26.8 Å². The number of hydrogen-bond donors (Lipinski definition) is 1. The second-order valence-electron chi connectivity index (χ2n) is 7.07. The largest absolute Gasteiger partial charge is 0.481 e. The molecule has 1 aliphatic carbocycles. The first kappa shape index (κ1) is 17.4. The van der Waals surface area contributed by atoms with E-state index in [0.29, 0.717) is 19.1 Å². The van der Waals surface area contributed by atoms with Crippen molar-refractivity contribution in [2.24, 2.45) is 17.3 Å². The predicted octanol–water partition coefficient (Wildman–Crippen LogP) is 2.87. The number of nitrogens with zero attached hydrogens (tertiary/aromatic N) is 1. The second-order valence-corrected chi connectivity index (χ2v) is 7.07. The molecule has 4 heteroatoms. The minimum atomic E-state index is -0.648. The summed E-state index contributed by atoms with van der Waals surface area (Å²) in [5, 5.41) is 9.46. The van der Waals surface area contributed by atoms with Crippen LogP contribution < -0.4 is 0 Å². The van der Waals surface area contributed by atoms with Crippen molar-refractivity contribution in [1.82, 2.24) is 4.90 Å². The summed E-state index contributed by atoms with van der Waals surface area (Å²) in [6, 6.07) is 0.130. The Morgan fingerprint density at radius 1 is 1.35 bits per heavy atom. The Labute approximate surface area is 123 Å². The van der Waals surface area contributed by atoms with Crippen LogP contribution in [0.15, 0.2) is 0 Å². The number of hydrogen-bond acceptors (Lipinski definition) is 3. The fourth-order valence-electron chi connectivity index (χ4n) is 3.23. The minimum Gasteiger partial charge on any atom is -0.481 e. The molecule has 0 amide bonds. The normalized spacial score (nSPS) is 27.8. The van der Waals surface area contributed by atoms with Gasteiger partial charge in [0, 0.05) is 19.2 Å². The van der Waals surface area contributed by atoms with E-state index in [1.807, 2.05) is 14.0 Å². The smallest absolute Gasteiger partial charge is 0.308 e. The van der Waals surface area contributed by atoms with E-state index in [-0.39, 0.29) is 17.4 Å². The maximum atomic E-state index is 11.5. The molecular weight excluding hydrogens is 254 g/mol. The van der Waals surface area contributed by atoms with Gasteiger partial charge < -0.3 is 14.7 Å². The van der Waals surface area contributed by atoms with Gasteiger partial charge in [-0.3, -0.25) is 4.79 Å². The van der Waals surface area contributed by atoms with E-state index in [9.17, 15) is 9.90 Å². The lowest BCUT2D eigenvalue weighted by Gasteiger charge is -2.43. The summed E-state index contributed by atoms with van der Waals surface area (Å²) < 4.78 is 5.40. The summed E-state index contributed by atoms with van der Waals surface area (Å²) in [7, 11) is 2.03. The van der Waals surface area contributed by atoms with E-state index in [2.05, 4.69) is 25.7 Å². The molecule has 0 spiro atoms. The van der Waals surface area contributed by atoms with Crippen molar-refractivity contribution in [3.8, 4) is 0 Å². The highest BCUT2D eigenvalue weighted by atomic mass is 16.5. The lowest BCUT2D eigenvalue weighted by atomic mass is 9.67. The predicted molar refractivity (Wildman–Crippen MR) is 80.8 cm³/mol. The Kier molecular flexibility index (Phi) is 6.46. The molecule has 3 atom stereocenters. The fraction of sp³-hybridized carbons (Fsp3) is 0.938. The van der Waals surface area contributed by atoms with Gasteiger partial charge in [0.15, 0.2) is 0 Å². The highest BCUT2D eigenvalue weighted by Gasteiger charge is 2.40. The summed E-state index contributed by atoms with van der Waals surface area (Å²) in [4.78, 5) is 13.7. The van der Waals surface area contributed by atoms with Gasteiger partial charge in [-0.15, -0.1) is 0 Å². The average Bonchev–Trinajstić information content (AvgIpc) is 2.37. The topological polar surface area (TPSA) is 49.8 Å². The molecule has 4 nitrogen and oxygen atoms in total. The van der Waals surface area contributed by atoms with Crippen LogP contribution in [0.25, 0.3) is 0 Å². The number of rotatable bonds is 6. The van der Waals surface area contributed by atoms with Crippen LogP contribution >= 0.6 is 0 Å². The molecule has 0 aromatic rings. The molecule has 0 radical (unpaired) electrons. The first-order valence-electron chi connectivity index (χ1n) is 7.78. The highest BCUT2D eigenvalue weighted by molar-refractivity contribution is 5.71. The van der Waals surface area contributed by atoms with Gasteiger partial charge in [-0.2, -0.15) is 0 Å². The molecule has 0 aromatic heterocycles. The SMILES string of the molecule is CCOCCN(C)C1CC(C(C)(C)C)CCC1C(=O)O. The Balaban J connectivity index is 2.70. The average molecular weight is 285 g/mol. The molecule has 0 saturated heterocycles. The lowest BCUT2D eigenvalue weighted by Crippen LogP contribution is -2.48. The molecule has 1 fully saturated rings. The highest BCUT2D eigenvalue weighted by Crippen LogP contribution is 2.41. The zero-order chi connectivity index (χ0) is 15.3. The molecular formula is C16H31NO3. The van der Waals surface area contributed by atoms with Crippen LogP contribution in [-0.4, -0.2) is 48.8 Å². The van der Waals surface area contributed by atoms with Gasteiger partial charge in [0.1, 0.15) is 0 Å². The standard InChI is InChI=1S/C16H31NO3/c1-6-20-10-9-17(5)14-11-12(16(2,3)4)7-8-13(14)15(18)19/h12-14H,6-11H2,1-5H3,(H,18,19). The molecule has 1 rings (SSSR count). The van der Waals surface area contributed by atoms with E-state index in [4.69, 9.17) is 4.74 Å². The van der Waals surface area contributed by atoms with Crippen LogP contribution in [-0.2, 0) is 9.53 Å². The zero-order valence-electron chi connectivity index (χ0n) is 13.7. The number of carboxylic acid groups (broad SMARTS) is 1. The van der Waals surface area contributed by atoms with Gasteiger partial charge in [-0.05, 0) is 44.6 Å². The molecule has 0 aliphatic heterocycles. The van der Waals surface area contributed by atoms with Crippen molar-refractivity contribution < 1.29 is 14.6 Å². The number of carbonyl (C=O) groups is 1. The Bertz CT molecular complexity index is 311. The van der Waals surface area contributed by atoms with Gasteiger partial charge in [0.05, 0.1) is 12.5 Å². The maximum Gasteiger partial charge on any atom is 0.308 e. The summed E-state index contributed by atoms with van der Waals surface area (Å²) >= 11 is 0. The van der Waals surface area contributed by atoms with Gasteiger partial charge in [-0.1, -0.05) is 20.8 Å². The molecule has 0 aromatic carbocycles. The quantitative estimate of drug-likeness (QED) is 0.762. The third-order valence-electron chi connectivity index (χ3n) is 4.72. The summed E-state index contributed by atoms with van der Waals surface area (Å²) in [6.45, 7) is 11.0. The molecule has 0 bridgehead atoms. The molecule has 3 unspecified atom stereocenters. The Morgan fingerprint density at radius 2 is 2.00 bits per heavy atom. The van der Waals surface area contributed by atoms with E-state index in [1.54, 1.807) is 0 Å². The number of carboxylic acids is 1. The molecule has 20 heavy (non-hydrogen) atoms. The van der Waals surface area contributed by atoms with Gasteiger partial charge in [-0.25, -0.2) is 0 Å². The van der Waals surface area contributed by atoms with E-state index < -0.39 is 5.97 Å². The van der Waals surface area contributed by atoms with Crippen LogP contribution in [0.2, 0.25) is 0 Å². The molecule has 1 aliphatic rings. The number of ether oxygens (including phenoxy) is 1. The van der Waals surface area contributed by atoms with Crippen molar-refractivity contribution in [3.63, 3.8) is 0 Å². The van der Waals surface area contributed by atoms with E-state index in [0.717, 1.165) is 25.8 Å².